The quantitative estimate of drug-likeness (QED) is 0.882. The molecule has 0 bridgehead atoms. The van der Waals surface area contributed by atoms with Gasteiger partial charge >= 0.3 is 0 Å². The Balaban J connectivity index is 1.54. The number of hydrogen-bond donors (Lipinski definition) is 1. The SMILES string of the molecule is OC(c1cccc(C2CCC2)c1)C1Cc2ccccc2C1. The van der Waals surface area contributed by atoms with Gasteiger partial charge in [0.25, 0.3) is 0 Å². The van der Waals surface area contributed by atoms with Crippen molar-refractivity contribution in [3.05, 3.63) is 70.8 Å². The van der Waals surface area contributed by atoms with Gasteiger partial charge in [0.2, 0.25) is 0 Å². The fourth-order valence-electron chi connectivity index (χ4n) is 3.83. The first-order chi connectivity index (χ1) is 10.3. The lowest BCUT2D eigenvalue weighted by atomic mass is 9.79. The molecule has 0 heterocycles. The van der Waals surface area contributed by atoms with Gasteiger partial charge in [-0.15, -0.1) is 0 Å². The molecule has 1 unspecified atom stereocenters. The van der Waals surface area contributed by atoms with E-state index in [1.165, 1.54) is 36.0 Å². The van der Waals surface area contributed by atoms with Crippen molar-refractivity contribution in [1.29, 1.82) is 0 Å². The molecule has 1 fully saturated rings. The van der Waals surface area contributed by atoms with Crippen molar-refractivity contribution < 1.29 is 5.11 Å². The first-order valence-corrected chi connectivity index (χ1v) is 8.16. The van der Waals surface area contributed by atoms with Gasteiger partial charge in [-0.05, 0) is 59.8 Å². The van der Waals surface area contributed by atoms with E-state index in [4.69, 9.17) is 0 Å². The summed E-state index contributed by atoms with van der Waals surface area (Å²) in [7, 11) is 0. The Labute approximate surface area is 126 Å². The Kier molecular flexibility index (Phi) is 3.31. The van der Waals surface area contributed by atoms with Crippen LogP contribution in [0, 0.1) is 5.92 Å². The summed E-state index contributed by atoms with van der Waals surface area (Å²) in [6, 6.07) is 17.3. The van der Waals surface area contributed by atoms with E-state index in [1.807, 2.05) is 0 Å². The predicted molar refractivity (Wildman–Crippen MR) is 85.3 cm³/mol. The first kappa shape index (κ1) is 13.1. The highest BCUT2D eigenvalue weighted by Crippen LogP contribution is 2.39. The lowest BCUT2D eigenvalue weighted by molar-refractivity contribution is 0.113. The number of benzene rings is 2. The zero-order valence-electron chi connectivity index (χ0n) is 12.3. The fourth-order valence-corrected chi connectivity index (χ4v) is 3.83. The monoisotopic (exact) mass is 278 g/mol. The maximum absolute atomic E-state index is 10.8. The third kappa shape index (κ3) is 2.40. The highest BCUT2D eigenvalue weighted by molar-refractivity contribution is 5.35. The van der Waals surface area contributed by atoms with Crippen molar-refractivity contribution in [3.8, 4) is 0 Å². The molecule has 2 aliphatic rings. The van der Waals surface area contributed by atoms with Gasteiger partial charge in [0.05, 0.1) is 6.10 Å². The van der Waals surface area contributed by atoms with E-state index < -0.39 is 0 Å². The molecule has 1 N–H and O–H groups in total. The molecule has 108 valence electrons. The summed E-state index contributed by atoms with van der Waals surface area (Å²) in [5.41, 5.74) is 5.36. The van der Waals surface area contributed by atoms with Crippen LogP contribution in [0.15, 0.2) is 48.5 Å². The van der Waals surface area contributed by atoms with Crippen molar-refractivity contribution in [3.63, 3.8) is 0 Å². The standard InChI is InChI=1S/C20H22O/c21-20(19-12-16-5-1-2-6-17(16)13-19)18-10-4-9-15(11-18)14-7-3-8-14/h1-2,4-6,9-11,14,19-21H,3,7-8,12-13H2. The largest absolute Gasteiger partial charge is 0.388 e. The molecule has 2 aliphatic carbocycles. The van der Waals surface area contributed by atoms with E-state index in [0.717, 1.165) is 24.3 Å². The minimum atomic E-state index is -0.336. The topological polar surface area (TPSA) is 20.2 Å². The van der Waals surface area contributed by atoms with Crippen LogP contribution in [0.1, 0.15) is 53.5 Å². The van der Waals surface area contributed by atoms with E-state index >= 15 is 0 Å². The summed E-state index contributed by atoms with van der Waals surface area (Å²) >= 11 is 0. The number of hydrogen-bond acceptors (Lipinski definition) is 1. The summed E-state index contributed by atoms with van der Waals surface area (Å²) in [5, 5.41) is 10.8. The molecule has 2 aromatic carbocycles. The average Bonchev–Trinajstić information content (AvgIpc) is 2.89. The summed E-state index contributed by atoms with van der Waals surface area (Å²) in [6.07, 6.45) is 5.66. The van der Waals surface area contributed by atoms with E-state index in [0.29, 0.717) is 5.92 Å². The van der Waals surface area contributed by atoms with Crippen LogP contribution in [-0.2, 0) is 12.8 Å². The van der Waals surface area contributed by atoms with E-state index in [1.54, 1.807) is 0 Å². The lowest BCUT2D eigenvalue weighted by Gasteiger charge is -2.27. The zero-order chi connectivity index (χ0) is 14.2. The van der Waals surface area contributed by atoms with Crippen molar-refractivity contribution in [2.75, 3.05) is 0 Å². The van der Waals surface area contributed by atoms with Crippen LogP contribution in [0.25, 0.3) is 0 Å². The first-order valence-electron chi connectivity index (χ1n) is 8.16. The molecule has 2 aromatic rings. The van der Waals surface area contributed by atoms with Crippen LogP contribution < -0.4 is 0 Å². The Morgan fingerprint density at radius 3 is 2.24 bits per heavy atom. The third-order valence-corrected chi connectivity index (χ3v) is 5.36. The van der Waals surface area contributed by atoms with Gasteiger partial charge in [0.1, 0.15) is 0 Å². The minimum Gasteiger partial charge on any atom is -0.388 e. The zero-order valence-corrected chi connectivity index (χ0v) is 12.3. The second kappa shape index (κ2) is 5.31. The average molecular weight is 278 g/mol. The van der Waals surface area contributed by atoms with Crippen LogP contribution >= 0.6 is 0 Å². The summed E-state index contributed by atoms with van der Waals surface area (Å²) < 4.78 is 0. The minimum absolute atomic E-state index is 0.332. The molecule has 1 nitrogen and oxygen atoms in total. The van der Waals surface area contributed by atoms with Crippen molar-refractivity contribution >= 4 is 0 Å². The van der Waals surface area contributed by atoms with Crippen molar-refractivity contribution in [2.45, 2.75) is 44.1 Å². The van der Waals surface area contributed by atoms with E-state index in [2.05, 4.69) is 48.5 Å². The van der Waals surface area contributed by atoms with Crippen LogP contribution in [0.3, 0.4) is 0 Å². The smallest absolute Gasteiger partial charge is 0.0824 e. The maximum Gasteiger partial charge on any atom is 0.0824 e. The molecule has 1 atom stereocenters. The van der Waals surface area contributed by atoms with Crippen molar-refractivity contribution in [2.24, 2.45) is 5.92 Å². The maximum atomic E-state index is 10.8. The molecule has 0 saturated heterocycles. The number of rotatable bonds is 3. The Hall–Kier alpha value is -1.60. The molecule has 1 heteroatoms. The number of aliphatic hydroxyl groups is 1. The molecule has 0 amide bonds. The van der Waals surface area contributed by atoms with Crippen LogP contribution in [0.2, 0.25) is 0 Å². The number of aliphatic hydroxyl groups excluding tert-OH is 1. The molecule has 0 aliphatic heterocycles. The highest BCUT2D eigenvalue weighted by Gasteiger charge is 2.29. The number of fused-ring (bicyclic) bond motifs is 1. The molecule has 0 spiro atoms. The Bertz CT molecular complexity index is 617. The van der Waals surface area contributed by atoms with Crippen LogP contribution in [-0.4, -0.2) is 5.11 Å². The van der Waals surface area contributed by atoms with Gasteiger partial charge in [0.15, 0.2) is 0 Å². The molecule has 4 rings (SSSR count). The fraction of sp³-hybridized carbons (Fsp3) is 0.400. The second-order valence-electron chi connectivity index (χ2n) is 6.68. The summed E-state index contributed by atoms with van der Waals surface area (Å²) in [4.78, 5) is 0. The molecule has 1 saturated carbocycles. The van der Waals surface area contributed by atoms with Crippen LogP contribution in [0.5, 0.6) is 0 Å². The molecule has 21 heavy (non-hydrogen) atoms. The highest BCUT2D eigenvalue weighted by atomic mass is 16.3. The molecular formula is C20H22O. The van der Waals surface area contributed by atoms with E-state index in [9.17, 15) is 5.11 Å². The molecule has 0 aromatic heterocycles. The van der Waals surface area contributed by atoms with Crippen LogP contribution in [0.4, 0.5) is 0 Å². The summed E-state index contributed by atoms with van der Waals surface area (Å²) in [5.74, 6) is 1.07. The Morgan fingerprint density at radius 1 is 0.905 bits per heavy atom. The molecule has 0 radical (unpaired) electrons. The second-order valence-corrected chi connectivity index (χ2v) is 6.68. The lowest BCUT2D eigenvalue weighted by Crippen LogP contribution is -2.14. The third-order valence-electron chi connectivity index (χ3n) is 5.36. The van der Waals surface area contributed by atoms with Gasteiger partial charge in [-0.1, -0.05) is 55.0 Å². The van der Waals surface area contributed by atoms with E-state index in [-0.39, 0.29) is 6.10 Å². The van der Waals surface area contributed by atoms with Gasteiger partial charge in [-0.25, -0.2) is 0 Å². The van der Waals surface area contributed by atoms with Crippen molar-refractivity contribution in [1.82, 2.24) is 0 Å². The van der Waals surface area contributed by atoms with Gasteiger partial charge in [-0.3, -0.25) is 0 Å². The normalized spacial score (nSPS) is 20.0. The summed E-state index contributed by atoms with van der Waals surface area (Å²) in [6.45, 7) is 0. The molecular weight excluding hydrogens is 256 g/mol. The Morgan fingerprint density at radius 2 is 1.62 bits per heavy atom. The van der Waals surface area contributed by atoms with Gasteiger partial charge < -0.3 is 5.11 Å². The van der Waals surface area contributed by atoms with Gasteiger partial charge in [-0.2, -0.15) is 0 Å². The van der Waals surface area contributed by atoms with Gasteiger partial charge in [0, 0.05) is 0 Å². The predicted octanol–water partition coefficient (Wildman–Crippen LogP) is 4.40.